The lowest BCUT2D eigenvalue weighted by Crippen LogP contribution is -2.41. The summed E-state index contributed by atoms with van der Waals surface area (Å²) in [7, 11) is 0. The van der Waals surface area contributed by atoms with E-state index >= 15 is 0 Å². The molecular weight excluding hydrogens is 304 g/mol. The molecule has 3 heterocycles. The van der Waals surface area contributed by atoms with Crippen LogP contribution in [0.15, 0.2) is 18.2 Å². The Bertz CT molecular complexity index is 626. The zero-order valence-electron chi connectivity index (χ0n) is 12.9. The third-order valence-electron chi connectivity index (χ3n) is 4.14. The highest BCUT2D eigenvalue weighted by Gasteiger charge is 2.55. The van der Waals surface area contributed by atoms with Gasteiger partial charge in [0.25, 0.3) is 0 Å². The highest BCUT2D eigenvalue weighted by atomic mass is 35.5. The van der Waals surface area contributed by atoms with Gasteiger partial charge < -0.3 is 4.74 Å². The number of hydrogen-bond acceptors (Lipinski definition) is 4. The van der Waals surface area contributed by atoms with Gasteiger partial charge in [0, 0.05) is 18.0 Å². The van der Waals surface area contributed by atoms with E-state index in [-0.39, 0.29) is 17.7 Å². The quantitative estimate of drug-likeness (QED) is 0.745. The molecule has 2 saturated heterocycles. The Labute approximate surface area is 134 Å². The Morgan fingerprint density at radius 1 is 1.41 bits per heavy atom. The van der Waals surface area contributed by atoms with Crippen molar-refractivity contribution in [1.29, 1.82) is 0 Å². The van der Waals surface area contributed by atoms with Gasteiger partial charge in [-0.05, 0) is 39.3 Å². The van der Waals surface area contributed by atoms with E-state index in [0.717, 1.165) is 5.69 Å². The van der Waals surface area contributed by atoms with Crippen LogP contribution in [-0.4, -0.2) is 39.4 Å². The summed E-state index contributed by atoms with van der Waals surface area (Å²) in [6.07, 6.45) is 0.539. The first-order valence-electron chi connectivity index (χ1n) is 7.43. The largest absolute Gasteiger partial charge is 0.444 e. The highest BCUT2D eigenvalue weighted by Crippen LogP contribution is 2.45. The summed E-state index contributed by atoms with van der Waals surface area (Å²) in [4.78, 5) is 30.4. The summed E-state index contributed by atoms with van der Waals surface area (Å²) >= 11 is 5.96. The first-order valence-corrected chi connectivity index (χ1v) is 7.80. The number of ketones is 1. The average molecular weight is 323 g/mol. The van der Waals surface area contributed by atoms with E-state index in [0.29, 0.717) is 18.0 Å². The molecule has 2 aliphatic rings. The van der Waals surface area contributed by atoms with Crippen molar-refractivity contribution < 1.29 is 14.3 Å². The number of carbonyl (C=O) groups is 2. The molecule has 1 amide bonds. The van der Waals surface area contributed by atoms with Crippen molar-refractivity contribution in [3.8, 4) is 0 Å². The number of nitrogens with zero attached hydrogens (tertiary/aromatic N) is 2. The number of pyridine rings is 1. The molecule has 0 spiro atoms. The van der Waals surface area contributed by atoms with Crippen molar-refractivity contribution >= 4 is 23.5 Å². The lowest BCUT2D eigenvalue weighted by molar-refractivity contribution is -0.120. The standard InChI is InChI=1S/C16H19ClN2O3/c1-16(2,3)22-15(21)19-11-8-13(20)12(19)7-9(11)10-5-4-6-14(17)18-10/h4-6,9,11-12H,7-8H2,1-3H3/t9-,11-,12-/m1/s1. The van der Waals surface area contributed by atoms with Crippen molar-refractivity contribution in [3.63, 3.8) is 0 Å². The second-order valence-corrected chi connectivity index (χ2v) is 7.26. The molecular formula is C16H19ClN2O3. The number of fused-ring (bicyclic) bond motifs is 2. The van der Waals surface area contributed by atoms with E-state index in [1.165, 1.54) is 0 Å². The van der Waals surface area contributed by atoms with E-state index in [2.05, 4.69) is 4.98 Å². The van der Waals surface area contributed by atoms with E-state index in [9.17, 15) is 9.59 Å². The summed E-state index contributed by atoms with van der Waals surface area (Å²) in [6, 6.07) is 4.88. The number of halogens is 1. The minimum Gasteiger partial charge on any atom is -0.444 e. The smallest absolute Gasteiger partial charge is 0.411 e. The molecule has 0 unspecified atom stereocenters. The van der Waals surface area contributed by atoms with Gasteiger partial charge in [-0.25, -0.2) is 9.78 Å². The molecule has 6 heteroatoms. The Hall–Kier alpha value is -1.62. The molecule has 5 nitrogen and oxygen atoms in total. The van der Waals surface area contributed by atoms with Crippen molar-refractivity contribution in [1.82, 2.24) is 9.88 Å². The van der Waals surface area contributed by atoms with Crippen LogP contribution in [-0.2, 0) is 9.53 Å². The van der Waals surface area contributed by atoms with Crippen LogP contribution in [0.25, 0.3) is 0 Å². The lowest BCUT2D eigenvalue weighted by Gasteiger charge is -2.27. The van der Waals surface area contributed by atoms with Crippen LogP contribution in [0.2, 0.25) is 5.15 Å². The summed E-state index contributed by atoms with van der Waals surface area (Å²) in [5.41, 5.74) is 0.257. The number of carbonyl (C=O) groups excluding carboxylic acids is 2. The van der Waals surface area contributed by atoms with Crippen LogP contribution in [0.4, 0.5) is 4.79 Å². The van der Waals surface area contributed by atoms with Gasteiger partial charge in [0.1, 0.15) is 10.8 Å². The molecule has 0 aromatic carbocycles. The van der Waals surface area contributed by atoms with Gasteiger partial charge in [-0.1, -0.05) is 17.7 Å². The summed E-state index contributed by atoms with van der Waals surface area (Å²) < 4.78 is 5.45. The molecule has 0 radical (unpaired) electrons. The molecule has 2 fully saturated rings. The van der Waals surface area contributed by atoms with Gasteiger partial charge in [0.2, 0.25) is 0 Å². The topological polar surface area (TPSA) is 59.5 Å². The SMILES string of the molecule is CC(C)(C)OC(=O)N1[C@@H]2C[C@H](c3cccc(Cl)n3)[C@H]1CC2=O. The second-order valence-electron chi connectivity index (χ2n) is 6.87. The first-order chi connectivity index (χ1) is 10.3. The second kappa shape index (κ2) is 5.23. The number of amides is 1. The summed E-state index contributed by atoms with van der Waals surface area (Å²) in [6.45, 7) is 5.46. The maximum Gasteiger partial charge on any atom is 0.411 e. The average Bonchev–Trinajstić information content (AvgIpc) is 2.90. The molecule has 0 N–H and O–H groups in total. The van der Waals surface area contributed by atoms with Gasteiger partial charge in [-0.3, -0.25) is 9.69 Å². The highest BCUT2D eigenvalue weighted by molar-refractivity contribution is 6.29. The summed E-state index contributed by atoms with van der Waals surface area (Å²) in [5, 5.41) is 0.426. The number of rotatable bonds is 1. The van der Waals surface area contributed by atoms with Crippen molar-refractivity contribution in [2.45, 2.75) is 57.2 Å². The van der Waals surface area contributed by atoms with Crippen molar-refractivity contribution in [3.05, 3.63) is 29.0 Å². The van der Waals surface area contributed by atoms with Crippen LogP contribution in [0.1, 0.15) is 45.2 Å². The van der Waals surface area contributed by atoms with E-state index in [4.69, 9.17) is 16.3 Å². The van der Waals surface area contributed by atoms with Crippen LogP contribution in [0.5, 0.6) is 0 Å². The fraction of sp³-hybridized carbons (Fsp3) is 0.562. The third-order valence-corrected chi connectivity index (χ3v) is 4.35. The maximum absolute atomic E-state index is 12.4. The number of aromatic nitrogens is 1. The van der Waals surface area contributed by atoms with Gasteiger partial charge in [0.15, 0.2) is 5.78 Å². The maximum atomic E-state index is 12.4. The van der Waals surface area contributed by atoms with Gasteiger partial charge in [0.05, 0.1) is 12.1 Å². The van der Waals surface area contributed by atoms with E-state index < -0.39 is 17.7 Å². The lowest BCUT2D eigenvalue weighted by atomic mass is 9.86. The van der Waals surface area contributed by atoms with Crippen LogP contribution in [0.3, 0.4) is 0 Å². The van der Waals surface area contributed by atoms with Gasteiger partial charge in [-0.15, -0.1) is 0 Å². The van der Waals surface area contributed by atoms with Crippen LogP contribution in [0, 0.1) is 0 Å². The van der Waals surface area contributed by atoms with Crippen LogP contribution >= 0.6 is 11.6 Å². The zero-order valence-corrected chi connectivity index (χ0v) is 13.6. The number of hydrogen-bond donors (Lipinski definition) is 0. The predicted octanol–water partition coefficient (Wildman–Crippen LogP) is 3.17. The Morgan fingerprint density at radius 2 is 2.14 bits per heavy atom. The molecule has 3 rings (SSSR count). The first kappa shape index (κ1) is 15.3. The normalized spacial score (nSPS) is 27.4. The van der Waals surface area contributed by atoms with Crippen molar-refractivity contribution in [2.75, 3.05) is 0 Å². The minimum absolute atomic E-state index is 0.0360. The van der Waals surface area contributed by atoms with Crippen LogP contribution < -0.4 is 0 Å². The molecule has 0 aliphatic carbocycles. The molecule has 118 valence electrons. The molecule has 0 saturated carbocycles. The van der Waals surface area contributed by atoms with Crippen molar-refractivity contribution in [2.24, 2.45) is 0 Å². The Morgan fingerprint density at radius 3 is 2.77 bits per heavy atom. The third kappa shape index (κ3) is 2.70. The molecule has 1 aromatic heterocycles. The molecule has 3 atom stereocenters. The zero-order chi connectivity index (χ0) is 16.1. The Balaban J connectivity index is 1.85. The number of Topliss-reactive ketones (excluding diaryl/α,β-unsaturated/α-hetero) is 1. The molecule has 22 heavy (non-hydrogen) atoms. The monoisotopic (exact) mass is 322 g/mol. The number of ether oxygens (including phenoxy) is 1. The van der Waals surface area contributed by atoms with Gasteiger partial charge >= 0.3 is 6.09 Å². The fourth-order valence-electron chi connectivity index (χ4n) is 3.33. The van der Waals surface area contributed by atoms with E-state index in [1.54, 1.807) is 11.0 Å². The minimum atomic E-state index is -0.577. The molecule has 1 aromatic rings. The molecule has 2 aliphatic heterocycles. The molecule has 2 bridgehead atoms. The summed E-state index contributed by atoms with van der Waals surface area (Å²) in [5.74, 6) is 0.142. The Kier molecular flexibility index (Phi) is 3.63. The predicted molar refractivity (Wildman–Crippen MR) is 81.9 cm³/mol. The van der Waals surface area contributed by atoms with Gasteiger partial charge in [-0.2, -0.15) is 0 Å². The fourth-order valence-corrected chi connectivity index (χ4v) is 3.50. The van der Waals surface area contributed by atoms with E-state index in [1.807, 2.05) is 32.9 Å².